The number of aryl methyl sites for hydroxylation is 1. The van der Waals surface area contributed by atoms with Gasteiger partial charge in [-0.25, -0.2) is 4.98 Å². The summed E-state index contributed by atoms with van der Waals surface area (Å²) in [6.45, 7) is 3.88. The number of ether oxygens (including phenoxy) is 1. The predicted octanol–water partition coefficient (Wildman–Crippen LogP) is 1.49. The van der Waals surface area contributed by atoms with E-state index < -0.39 is 0 Å². The molecule has 1 aliphatic rings. The van der Waals surface area contributed by atoms with Gasteiger partial charge in [0.25, 0.3) is 0 Å². The molecule has 2 aromatic rings. The molecule has 0 fully saturated rings. The van der Waals surface area contributed by atoms with Gasteiger partial charge in [-0.1, -0.05) is 17.7 Å². The lowest BCUT2D eigenvalue weighted by Gasteiger charge is -2.13. The smallest absolute Gasteiger partial charge is 0.243 e. The second kappa shape index (κ2) is 6.83. The van der Waals surface area contributed by atoms with Gasteiger partial charge in [0.15, 0.2) is 0 Å². The van der Waals surface area contributed by atoms with Crippen LogP contribution < -0.4 is 10.6 Å². The van der Waals surface area contributed by atoms with Gasteiger partial charge in [0.05, 0.1) is 25.2 Å². The summed E-state index contributed by atoms with van der Waals surface area (Å²) in [6.07, 6.45) is 4.26. The van der Waals surface area contributed by atoms with Crippen molar-refractivity contribution in [2.45, 2.75) is 32.5 Å². The maximum Gasteiger partial charge on any atom is 0.243 e. The van der Waals surface area contributed by atoms with E-state index in [0.29, 0.717) is 13.2 Å². The van der Waals surface area contributed by atoms with Gasteiger partial charge in [-0.2, -0.15) is 0 Å². The average Bonchev–Trinajstić information content (AvgIpc) is 3.16. The Morgan fingerprint density at radius 1 is 1.52 bits per heavy atom. The fourth-order valence-corrected chi connectivity index (χ4v) is 2.84. The topological polar surface area (TPSA) is 68.2 Å². The van der Waals surface area contributed by atoms with Crippen molar-refractivity contribution in [2.75, 3.05) is 19.0 Å². The number of fused-ring (bicyclic) bond motifs is 1. The molecule has 1 amide bonds. The normalized spacial score (nSPS) is 16.0. The van der Waals surface area contributed by atoms with E-state index in [0.717, 1.165) is 24.3 Å². The number of carbonyl (C=O) groups is 1. The van der Waals surface area contributed by atoms with Gasteiger partial charge < -0.3 is 19.9 Å². The molecule has 23 heavy (non-hydrogen) atoms. The highest BCUT2D eigenvalue weighted by molar-refractivity contribution is 5.87. The fraction of sp³-hybridized carbons (Fsp3) is 0.412. The second-order valence-corrected chi connectivity index (χ2v) is 5.85. The van der Waals surface area contributed by atoms with Crippen molar-refractivity contribution in [3.63, 3.8) is 0 Å². The minimum absolute atomic E-state index is 0.0124. The zero-order chi connectivity index (χ0) is 16.2. The molecular formula is C17H22N4O2. The Bertz CT molecular complexity index is 696. The number of benzene rings is 1. The van der Waals surface area contributed by atoms with Crippen LogP contribution in [0.4, 0.5) is 5.69 Å². The van der Waals surface area contributed by atoms with Crippen molar-refractivity contribution < 1.29 is 9.53 Å². The number of rotatable bonds is 6. The quantitative estimate of drug-likeness (QED) is 0.848. The molecular weight excluding hydrogens is 292 g/mol. The summed E-state index contributed by atoms with van der Waals surface area (Å²) in [6, 6.07) is 6.02. The Kier molecular flexibility index (Phi) is 4.62. The van der Waals surface area contributed by atoms with E-state index in [-0.39, 0.29) is 11.9 Å². The molecule has 0 aliphatic carbocycles. The van der Waals surface area contributed by atoms with Crippen LogP contribution in [0.3, 0.4) is 0 Å². The number of nitrogens with one attached hydrogen (secondary N) is 2. The molecule has 6 heteroatoms. The first-order valence-electron chi connectivity index (χ1n) is 7.79. The summed E-state index contributed by atoms with van der Waals surface area (Å²) in [4.78, 5) is 16.5. The van der Waals surface area contributed by atoms with Gasteiger partial charge in [-0.3, -0.25) is 4.79 Å². The highest BCUT2D eigenvalue weighted by atomic mass is 16.5. The van der Waals surface area contributed by atoms with Crippen LogP contribution in [0.15, 0.2) is 30.7 Å². The van der Waals surface area contributed by atoms with Gasteiger partial charge in [-0.05, 0) is 18.6 Å². The lowest BCUT2D eigenvalue weighted by Crippen LogP contribution is -2.38. The fourth-order valence-electron chi connectivity index (χ4n) is 2.84. The molecule has 122 valence electrons. The summed E-state index contributed by atoms with van der Waals surface area (Å²) in [5, 5.41) is 6.28. The van der Waals surface area contributed by atoms with Crippen LogP contribution in [0.5, 0.6) is 0 Å². The molecule has 0 unspecified atom stereocenters. The zero-order valence-electron chi connectivity index (χ0n) is 13.5. The Hall–Kier alpha value is -2.34. The summed E-state index contributed by atoms with van der Waals surface area (Å²) in [5.74, 6) is 0.0124. The van der Waals surface area contributed by atoms with Gasteiger partial charge >= 0.3 is 0 Å². The highest BCUT2D eigenvalue weighted by Crippen LogP contribution is 2.26. The van der Waals surface area contributed by atoms with Gasteiger partial charge in [0.2, 0.25) is 5.91 Å². The van der Waals surface area contributed by atoms with E-state index in [4.69, 9.17) is 4.74 Å². The molecule has 0 radical (unpaired) electrons. The number of aromatic nitrogens is 2. The lowest BCUT2D eigenvalue weighted by molar-refractivity contribution is -0.121. The number of hydrogen-bond donors (Lipinski definition) is 2. The Labute approximate surface area is 135 Å². The molecule has 0 bridgehead atoms. The molecule has 2 heterocycles. The number of hydrogen-bond acceptors (Lipinski definition) is 4. The van der Waals surface area contributed by atoms with E-state index >= 15 is 0 Å². The van der Waals surface area contributed by atoms with Gasteiger partial charge in [0, 0.05) is 32.0 Å². The maximum absolute atomic E-state index is 12.4. The average molecular weight is 314 g/mol. The van der Waals surface area contributed by atoms with Gasteiger partial charge in [0.1, 0.15) is 6.04 Å². The van der Waals surface area contributed by atoms with Crippen molar-refractivity contribution in [1.82, 2.24) is 14.9 Å². The Morgan fingerprint density at radius 2 is 2.39 bits per heavy atom. The number of amides is 1. The zero-order valence-corrected chi connectivity index (χ0v) is 13.5. The summed E-state index contributed by atoms with van der Waals surface area (Å²) < 4.78 is 7.07. The predicted molar refractivity (Wildman–Crippen MR) is 88.2 cm³/mol. The number of imidazole rings is 1. The van der Waals surface area contributed by atoms with Crippen molar-refractivity contribution >= 4 is 11.6 Å². The van der Waals surface area contributed by atoms with Crippen molar-refractivity contribution in [3.05, 3.63) is 47.5 Å². The number of anilines is 1. The van der Waals surface area contributed by atoms with E-state index in [1.807, 2.05) is 10.6 Å². The molecule has 0 saturated heterocycles. The van der Waals surface area contributed by atoms with Crippen molar-refractivity contribution in [3.8, 4) is 0 Å². The molecule has 3 rings (SSSR count). The van der Waals surface area contributed by atoms with Crippen LogP contribution in [0.25, 0.3) is 0 Å². The third-order valence-electron chi connectivity index (χ3n) is 4.11. The second-order valence-electron chi connectivity index (χ2n) is 5.85. The number of nitrogens with zero attached hydrogens (tertiary/aromatic N) is 2. The lowest BCUT2D eigenvalue weighted by atomic mass is 10.1. The molecule has 6 nitrogen and oxygen atoms in total. The molecule has 1 aromatic carbocycles. The van der Waals surface area contributed by atoms with Crippen LogP contribution in [-0.4, -0.2) is 35.2 Å². The first-order chi connectivity index (χ1) is 11.2. The Morgan fingerprint density at radius 3 is 3.22 bits per heavy atom. The van der Waals surface area contributed by atoms with Crippen LogP contribution in [0, 0.1) is 6.92 Å². The van der Waals surface area contributed by atoms with Crippen molar-refractivity contribution in [1.29, 1.82) is 0 Å². The first-order valence-corrected chi connectivity index (χ1v) is 7.79. The van der Waals surface area contributed by atoms with E-state index in [2.05, 4.69) is 34.7 Å². The third-order valence-corrected chi connectivity index (χ3v) is 4.11. The first kappa shape index (κ1) is 15.6. The van der Waals surface area contributed by atoms with E-state index in [1.165, 1.54) is 11.1 Å². The van der Waals surface area contributed by atoms with Crippen molar-refractivity contribution in [2.24, 2.45) is 0 Å². The standard InChI is InChI=1S/C17H22N4O2/c1-12-3-4-15-13(7-12)8-16(20-15)17(22)19-10-14-9-18-11-21(14)5-6-23-2/h3-4,7,9,11,16,20H,5-6,8,10H2,1-2H3,(H,19,22)/t16-/m1/s1. The third kappa shape index (κ3) is 3.53. The summed E-state index contributed by atoms with van der Waals surface area (Å²) in [7, 11) is 1.67. The van der Waals surface area contributed by atoms with Gasteiger partial charge in [-0.15, -0.1) is 0 Å². The minimum atomic E-state index is -0.206. The van der Waals surface area contributed by atoms with Crippen LogP contribution in [0.2, 0.25) is 0 Å². The number of methoxy groups -OCH3 is 1. The molecule has 1 aliphatic heterocycles. The molecule has 2 N–H and O–H groups in total. The van der Waals surface area contributed by atoms with E-state index in [9.17, 15) is 4.79 Å². The van der Waals surface area contributed by atoms with Crippen LogP contribution in [0.1, 0.15) is 16.8 Å². The molecule has 1 aromatic heterocycles. The van der Waals surface area contributed by atoms with Crippen LogP contribution in [-0.2, 0) is 29.0 Å². The number of carbonyl (C=O) groups excluding carboxylic acids is 1. The SMILES string of the molecule is COCCn1cncc1CNC(=O)[C@H]1Cc2cc(C)ccc2N1. The summed E-state index contributed by atoms with van der Waals surface area (Å²) in [5.41, 5.74) is 4.45. The monoisotopic (exact) mass is 314 g/mol. The molecule has 0 saturated carbocycles. The largest absolute Gasteiger partial charge is 0.383 e. The maximum atomic E-state index is 12.4. The van der Waals surface area contributed by atoms with E-state index in [1.54, 1.807) is 19.6 Å². The highest BCUT2D eigenvalue weighted by Gasteiger charge is 2.26. The minimum Gasteiger partial charge on any atom is -0.383 e. The van der Waals surface area contributed by atoms with Crippen LogP contribution >= 0.6 is 0 Å². The molecule has 1 atom stereocenters. The molecule has 0 spiro atoms. The Balaban J connectivity index is 1.56. The summed E-state index contributed by atoms with van der Waals surface area (Å²) >= 11 is 0.